The Morgan fingerprint density at radius 3 is 2.35 bits per heavy atom. The molecule has 1 amide bonds. The van der Waals surface area contributed by atoms with Gasteiger partial charge in [0.1, 0.15) is 0 Å². The maximum absolute atomic E-state index is 12.4. The average Bonchev–Trinajstić information content (AvgIpc) is 2.25. The zero-order chi connectivity index (χ0) is 13.2. The van der Waals surface area contributed by atoms with E-state index in [-0.39, 0.29) is 6.29 Å². The molecular weight excluding hydrogens is 237 g/mol. The number of rotatable bonds is 2. The Labute approximate surface area is 93.4 Å². The van der Waals surface area contributed by atoms with Crippen LogP contribution in [0, 0.1) is 11.3 Å². The molecule has 0 aliphatic carbocycles. The number of halogens is 3. The van der Waals surface area contributed by atoms with Gasteiger partial charge in [-0.05, 0) is 12.1 Å². The largest absolute Gasteiger partial charge is 0.416 e. The first-order chi connectivity index (χ1) is 7.81. The van der Waals surface area contributed by atoms with Crippen LogP contribution < -0.4 is 5.73 Å². The SMILES string of the molecule is N#Cc1cc(C(F)(F)F)cc(C(N)=O)c1C=O. The van der Waals surface area contributed by atoms with Crippen molar-refractivity contribution in [2.45, 2.75) is 6.18 Å². The van der Waals surface area contributed by atoms with Gasteiger partial charge >= 0.3 is 6.18 Å². The highest BCUT2D eigenvalue weighted by molar-refractivity contribution is 6.02. The molecule has 0 aliphatic rings. The predicted molar refractivity (Wildman–Crippen MR) is 50.1 cm³/mol. The van der Waals surface area contributed by atoms with Crippen LogP contribution in [-0.4, -0.2) is 12.2 Å². The number of aldehydes is 1. The van der Waals surface area contributed by atoms with Crippen LogP contribution in [-0.2, 0) is 6.18 Å². The van der Waals surface area contributed by atoms with E-state index in [9.17, 15) is 22.8 Å². The van der Waals surface area contributed by atoms with E-state index in [0.717, 1.165) is 0 Å². The number of primary amides is 1. The number of benzene rings is 1. The molecule has 2 N–H and O–H groups in total. The summed E-state index contributed by atoms with van der Waals surface area (Å²) in [6.07, 6.45) is -4.60. The Kier molecular flexibility index (Phi) is 3.18. The summed E-state index contributed by atoms with van der Waals surface area (Å²) in [6, 6.07) is 2.36. The molecule has 88 valence electrons. The van der Waals surface area contributed by atoms with E-state index in [0.29, 0.717) is 12.1 Å². The molecule has 0 bridgehead atoms. The molecule has 1 aromatic rings. The van der Waals surface area contributed by atoms with Crippen molar-refractivity contribution in [2.75, 3.05) is 0 Å². The monoisotopic (exact) mass is 242 g/mol. The smallest absolute Gasteiger partial charge is 0.366 e. The van der Waals surface area contributed by atoms with Crippen molar-refractivity contribution in [2.24, 2.45) is 5.73 Å². The second-order valence-corrected chi connectivity index (χ2v) is 3.08. The van der Waals surface area contributed by atoms with Crippen LogP contribution in [0.5, 0.6) is 0 Å². The normalized spacial score (nSPS) is 10.7. The van der Waals surface area contributed by atoms with E-state index in [1.165, 1.54) is 6.07 Å². The Hall–Kier alpha value is -2.36. The van der Waals surface area contributed by atoms with Gasteiger partial charge in [0.2, 0.25) is 5.91 Å². The third kappa shape index (κ3) is 2.42. The fraction of sp³-hybridized carbons (Fsp3) is 0.100. The summed E-state index contributed by atoms with van der Waals surface area (Å²) in [5, 5.41) is 8.62. The standard InChI is InChI=1S/C10H5F3N2O2/c11-10(12,13)6-1-5(3-14)8(4-16)7(2-6)9(15)17/h1-2,4H,(H2,15,17). The summed E-state index contributed by atoms with van der Waals surface area (Å²) in [4.78, 5) is 21.5. The number of hydrogen-bond donors (Lipinski definition) is 1. The van der Waals surface area contributed by atoms with E-state index in [4.69, 9.17) is 11.0 Å². The van der Waals surface area contributed by atoms with Gasteiger partial charge in [-0.15, -0.1) is 0 Å². The fourth-order valence-corrected chi connectivity index (χ4v) is 1.24. The lowest BCUT2D eigenvalue weighted by atomic mass is 9.98. The van der Waals surface area contributed by atoms with Crippen LogP contribution in [0.2, 0.25) is 0 Å². The summed E-state index contributed by atoms with van der Waals surface area (Å²) >= 11 is 0. The molecule has 0 unspecified atom stereocenters. The van der Waals surface area contributed by atoms with Gasteiger partial charge in [-0.25, -0.2) is 0 Å². The van der Waals surface area contributed by atoms with Gasteiger partial charge in [0.25, 0.3) is 0 Å². The van der Waals surface area contributed by atoms with E-state index < -0.39 is 34.3 Å². The molecule has 17 heavy (non-hydrogen) atoms. The van der Waals surface area contributed by atoms with Crippen molar-refractivity contribution >= 4 is 12.2 Å². The van der Waals surface area contributed by atoms with Gasteiger partial charge in [0.15, 0.2) is 6.29 Å². The van der Waals surface area contributed by atoms with Gasteiger partial charge < -0.3 is 5.73 Å². The van der Waals surface area contributed by atoms with Gasteiger partial charge in [-0.3, -0.25) is 9.59 Å². The number of nitrogens with two attached hydrogens (primary N) is 1. The Balaban J connectivity index is 3.64. The summed E-state index contributed by atoms with van der Waals surface area (Å²) in [7, 11) is 0. The zero-order valence-electron chi connectivity index (χ0n) is 8.21. The molecular formula is C10H5F3N2O2. The van der Waals surface area contributed by atoms with E-state index in [1.54, 1.807) is 0 Å². The van der Waals surface area contributed by atoms with Crippen LogP contribution in [0.15, 0.2) is 12.1 Å². The van der Waals surface area contributed by atoms with E-state index in [1.807, 2.05) is 0 Å². The topological polar surface area (TPSA) is 83.9 Å². The molecule has 0 aromatic heterocycles. The number of nitriles is 1. The first-order valence-corrected chi connectivity index (χ1v) is 4.21. The molecule has 0 saturated heterocycles. The van der Waals surface area contributed by atoms with Gasteiger partial charge in [0.05, 0.1) is 22.8 Å². The van der Waals surface area contributed by atoms with Crippen molar-refractivity contribution < 1.29 is 22.8 Å². The second kappa shape index (κ2) is 4.25. The summed E-state index contributed by atoms with van der Waals surface area (Å²) in [6.45, 7) is 0. The van der Waals surface area contributed by atoms with Crippen LogP contribution in [0.3, 0.4) is 0 Å². The van der Waals surface area contributed by atoms with Crippen molar-refractivity contribution in [1.82, 2.24) is 0 Å². The van der Waals surface area contributed by atoms with Gasteiger partial charge in [-0.2, -0.15) is 18.4 Å². The molecule has 0 saturated carbocycles. The first kappa shape index (κ1) is 12.7. The molecule has 0 fully saturated rings. The number of nitrogens with zero attached hydrogens (tertiary/aromatic N) is 1. The number of hydrogen-bond acceptors (Lipinski definition) is 3. The van der Waals surface area contributed by atoms with Gasteiger partial charge in [0, 0.05) is 5.56 Å². The number of carbonyl (C=O) groups is 2. The number of alkyl halides is 3. The summed E-state index contributed by atoms with van der Waals surface area (Å²) < 4.78 is 37.3. The fourth-order valence-electron chi connectivity index (χ4n) is 1.24. The minimum atomic E-state index is -4.72. The van der Waals surface area contributed by atoms with Crippen molar-refractivity contribution in [3.05, 3.63) is 34.4 Å². The molecule has 0 spiro atoms. The predicted octanol–water partition coefficient (Wildman–Crippen LogP) is 1.49. The lowest BCUT2D eigenvalue weighted by molar-refractivity contribution is -0.137. The second-order valence-electron chi connectivity index (χ2n) is 3.08. The molecule has 4 nitrogen and oxygen atoms in total. The molecule has 0 atom stereocenters. The number of amides is 1. The summed E-state index contributed by atoms with van der Waals surface area (Å²) in [5.74, 6) is -1.20. The summed E-state index contributed by atoms with van der Waals surface area (Å²) in [5.41, 5.74) is 2.06. The van der Waals surface area contributed by atoms with Crippen LogP contribution >= 0.6 is 0 Å². The molecule has 1 rings (SSSR count). The molecule has 0 heterocycles. The van der Waals surface area contributed by atoms with Crippen molar-refractivity contribution in [3.8, 4) is 6.07 Å². The average molecular weight is 242 g/mol. The van der Waals surface area contributed by atoms with Crippen LogP contribution in [0.25, 0.3) is 0 Å². The van der Waals surface area contributed by atoms with Crippen LogP contribution in [0.1, 0.15) is 31.8 Å². The first-order valence-electron chi connectivity index (χ1n) is 4.21. The highest BCUT2D eigenvalue weighted by Crippen LogP contribution is 2.31. The Morgan fingerprint density at radius 1 is 1.41 bits per heavy atom. The van der Waals surface area contributed by atoms with Crippen LogP contribution in [0.4, 0.5) is 13.2 Å². The van der Waals surface area contributed by atoms with Crippen molar-refractivity contribution in [3.63, 3.8) is 0 Å². The third-order valence-electron chi connectivity index (χ3n) is 2.01. The maximum Gasteiger partial charge on any atom is 0.416 e. The zero-order valence-corrected chi connectivity index (χ0v) is 8.21. The molecule has 1 aromatic carbocycles. The highest BCUT2D eigenvalue weighted by Gasteiger charge is 2.32. The minimum Gasteiger partial charge on any atom is -0.366 e. The third-order valence-corrected chi connectivity index (χ3v) is 2.01. The number of carbonyl (C=O) groups excluding carboxylic acids is 2. The molecule has 7 heteroatoms. The minimum absolute atomic E-state index is 0.124. The lowest BCUT2D eigenvalue weighted by Gasteiger charge is -2.10. The highest BCUT2D eigenvalue weighted by atomic mass is 19.4. The van der Waals surface area contributed by atoms with Crippen molar-refractivity contribution in [1.29, 1.82) is 5.26 Å². The van der Waals surface area contributed by atoms with E-state index >= 15 is 0 Å². The maximum atomic E-state index is 12.4. The Morgan fingerprint density at radius 2 is 2.00 bits per heavy atom. The molecule has 0 aliphatic heterocycles. The molecule has 0 radical (unpaired) electrons. The lowest BCUT2D eigenvalue weighted by Crippen LogP contribution is -2.17. The van der Waals surface area contributed by atoms with Gasteiger partial charge in [-0.1, -0.05) is 0 Å². The van der Waals surface area contributed by atoms with E-state index in [2.05, 4.69) is 0 Å². The quantitative estimate of drug-likeness (QED) is 0.797. The Bertz CT molecular complexity index is 530.